The highest BCUT2D eigenvalue weighted by Gasteiger charge is 2.27. The summed E-state index contributed by atoms with van der Waals surface area (Å²) >= 11 is 7.48. The van der Waals surface area contributed by atoms with E-state index in [0.717, 1.165) is 22.9 Å². The van der Waals surface area contributed by atoms with Gasteiger partial charge >= 0.3 is 5.97 Å². The van der Waals surface area contributed by atoms with E-state index in [2.05, 4.69) is 10.6 Å². The van der Waals surface area contributed by atoms with Crippen molar-refractivity contribution in [1.29, 1.82) is 0 Å². The Bertz CT molecular complexity index is 831. The Morgan fingerprint density at radius 3 is 2.72 bits per heavy atom. The van der Waals surface area contributed by atoms with Gasteiger partial charge in [0.1, 0.15) is 11.4 Å². The second kappa shape index (κ2) is 7.41. The van der Waals surface area contributed by atoms with Crippen LogP contribution in [0, 0.1) is 0 Å². The van der Waals surface area contributed by atoms with Crippen LogP contribution >= 0.6 is 22.9 Å². The molecule has 0 saturated heterocycles. The van der Waals surface area contributed by atoms with Gasteiger partial charge in [-0.15, -0.1) is 11.3 Å². The van der Waals surface area contributed by atoms with Crippen LogP contribution in [0.1, 0.15) is 29.4 Å². The standard InChI is InChI=1S/C17H17ClN2O4S/c1-9(16(22)20-10-6-7-10)24-13(21)8-19-17(23)15-14(18)11-4-2-3-5-12(11)25-15/h2-5,9-10H,6-8H2,1H3,(H,19,23)(H,20,22)/t9-/m0/s1. The number of hydrogen-bond acceptors (Lipinski definition) is 5. The van der Waals surface area contributed by atoms with Crippen LogP contribution in [0.5, 0.6) is 0 Å². The minimum atomic E-state index is -0.891. The topological polar surface area (TPSA) is 84.5 Å². The molecule has 0 radical (unpaired) electrons. The molecule has 1 saturated carbocycles. The molecule has 2 N–H and O–H groups in total. The van der Waals surface area contributed by atoms with Gasteiger partial charge in [0.05, 0.1) is 5.02 Å². The summed E-state index contributed by atoms with van der Waals surface area (Å²) in [6.07, 6.45) is 1.02. The number of benzene rings is 1. The molecule has 6 nitrogen and oxygen atoms in total. The number of ether oxygens (including phenoxy) is 1. The molecular weight excluding hydrogens is 364 g/mol. The SMILES string of the molecule is C[C@H](OC(=O)CNC(=O)c1sc2ccccc2c1Cl)C(=O)NC1CC1. The van der Waals surface area contributed by atoms with Gasteiger partial charge in [-0.1, -0.05) is 29.8 Å². The van der Waals surface area contributed by atoms with Crippen LogP contribution in [0.3, 0.4) is 0 Å². The van der Waals surface area contributed by atoms with Crippen molar-refractivity contribution in [3.63, 3.8) is 0 Å². The fourth-order valence-corrected chi connectivity index (χ4v) is 3.66. The molecule has 3 rings (SSSR count). The number of halogens is 1. The maximum absolute atomic E-state index is 12.2. The number of nitrogens with one attached hydrogen (secondary N) is 2. The number of carbonyl (C=O) groups is 3. The number of carbonyl (C=O) groups excluding carboxylic acids is 3. The zero-order valence-corrected chi connectivity index (χ0v) is 15.1. The number of amides is 2. The van der Waals surface area contributed by atoms with Crippen LogP contribution in [-0.4, -0.2) is 36.5 Å². The average Bonchev–Trinajstić information content (AvgIpc) is 3.34. The van der Waals surface area contributed by atoms with Gasteiger partial charge in [0, 0.05) is 16.1 Å². The average molecular weight is 381 g/mol. The summed E-state index contributed by atoms with van der Waals surface area (Å²) in [6, 6.07) is 7.61. The fraction of sp³-hybridized carbons (Fsp3) is 0.353. The first-order valence-corrected chi connectivity index (χ1v) is 9.10. The van der Waals surface area contributed by atoms with E-state index in [4.69, 9.17) is 16.3 Å². The van der Waals surface area contributed by atoms with Crippen LogP contribution in [0.4, 0.5) is 0 Å². The van der Waals surface area contributed by atoms with Crippen molar-refractivity contribution in [2.45, 2.75) is 31.9 Å². The molecule has 1 atom stereocenters. The Balaban J connectivity index is 1.53. The van der Waals surface area contributed by atoms with E-state index in [0.29, 0.717) is 9.90 Å². The maximum Gasteiger partial charge on any atom is 0.326 e. The zero-order chi connectivity index (χ0) is 18.0. The summed E-state index contributed by atoms with van der Waals surface area (Å²) in [5.41, 5.74) is 0. The Morgan fingerprint density at radius 2 is 2.04 bits per heavy atom. The summed E-state index contributed by atoms with van der Waals surface area (Å²) < 4.78 is 5.92. The number of thiophene rings is 1. The van der Waals surface area contributed by atoms with Crippen molar-refractivity contribution >= 4 is 50.8 Å². The van der Waals surface area contributed by atoms with Crippen LogP contribution in [0.2, 0.25) is 5.02 Å². The molecule has 1 aromatic heterocycles. The van der Waals surface area contributed by atoms with Gasteiger partial charge < -0.3 is 15.4 Å². The molecule has 1 aliphatic rings. The molecule has 25 heavy (non-hydrogen) atoms. The Kier molecular flexibility index (Phi) is 5.24. The second-order valence-electron chi connectivity index (χ2n) is 5.84. The fourth-order valence-electron chi connectivity index (χ4n) is 2.23. The van der Waals surface area contributed by atoms with Crippen molar-refractivity contribution in [3.8, 4) is 0 Å². The highest BCUT2D eigenvalue weighted by Crippen LogP contribution is 2.34. The molecule has 0 bridgehead atoms. The van der Waals surface area contributed by atoms with Crippen LogP contribution in [-0.2, 0) is 14.3 Å². The third kappa shape index (κ3) is 4.29. The lowest BCUT2D eigenvalue weighted by atomic mass is 10.2. The maximum atomic E-state index is 12.2. The summed E-state index contributed by atoms with van der Waals surface area (Å²) in [4.78, 5) is 36.1. The molecular formula is C17H17ClN2O4S. The number of fused-ring (bicyclic) bond motifs is 1. The highest BCUT2D eigenvalue weighted by molar-refractivity contribution is 7.21. The first-order chi connectivity index (χ1) is 12.0. The first-order valence-electron chi connectivity index (χ1n) is 7.91. The van der Waals surface area contributed by atoms with E-state index in [1.807, 2.05) is 24.3 Å². The predicted octanol–water partition coefficient (Wildman–Crippen LogP) is 2.49. The normalized spacial score (nSPS) is 14.8. The van der Waals surface area contributed by atoms with Gasteiger partial charge in [-0.25, -0.2) is 0 Å². The molecule has 1 aliphatic carbocycles. The summed E-state index contributed by atoms with van der Waals surface area (Å²) in [5, 5.41) is 6.39. The van der Waals surface area contributed by atoms with Crippen molar-refractivity contribution in [2.24, 2.45) is 0 Å². The summed E-state index contributed by atoms with van der Waals surface area (Å²) in [6.45, 7) is 1.17. The van der Waals surface area contributed by atoms with E-state index in [-0.39, 0.29) is 18.5 Å². The van der Waals surface area contributed by atoms with Gasteiger partial charge in [0.25, 0.3) is 11.8 Å². The third-order valence-electron chi connectivity index (χ3n) is 3.74. The van der Waals surface area contributed by atoms with Gasteiger partial charge in [-0.05, 0) is 25.8 Å². The first kappa shape index (κ1) is 17.7. The van der Waals surface area contributed by atoms with Crippen LogP contribution in [0.25, 0.3) is 10.1 Å². The van der Waals surface area contributed by atoms with Crippen molar-refractivity contribution in [3.05, 3.63) is 34.2 Å². The highest BCUT2D eigenvalue weighted by atomic mass is 35.5. The van der Waals surface area contributed by atoms with Crippen molar-refractivity contribution in [1.82, 2.24) is 10.6 Å². The lowest BCUT2D eigenvalue weighted by Crippen LogP contribution is -2.39. The van der Waals surface area contributed by atoms with Gasteiger partial charge in [-0.2, -0.15) is 0 Å². The molecule has 2 amide bonds. The summed E-state index contributed by atoms with van der Waals surface area (Å²) in [7, 11) is 0. The molecule has 1 heterocycles. The van der Waals surface area contributed by atoms with Gasteiger partial charge in [0.15, 0.2) is 6.10 Å². The van der Waals surface area contributed by atoms with E-state index >= 15 is 0 Å². The quantitative estimate of drug-likeness (QED) is 0.754. The van der Waals surface area contributed by atoms with E-state index < -0.39 is 18.0 Å². The molecule has 1 fully saturated rings. The van der Waals surface area contributed by atoms with Crippen molar-refractivity contribution in [2.75, 3.05) is 6.54 Å². The Morgan fingerprint density at radius 1 is 1.32 bits per heavy atom. The number of hydrogen-bond donors (Lipinski definition) is 2. The number of esters is 1. The van der Waals surface area contributed by atoms with Gasteiger partial charge in [-0.3, -0.25) is 14.4 Å². The van der Waals surface area contributed by atoms with Crippen LogP contribution in [0.15, 0.2) is 24.3 Å². The van der Waals surface area contributed by atoms with Crippen LogP contribution < -0.4 is 10.6 Å². The smallest absolute Gasteiger partial charge is 0.326 e. The molecule has 0 unspecified atom stereocenters. The molecule has 0 spiro atoms. The molecule has 1 aromatic carbocycles. The van der Waals surface area contributed by atoms with E-state index in [1.54, 1.807) is 0 Å². The largest absolute Gasteiger partial charge is 0.451 e. The lowest BCUT2D eigenvalue weighted by Gasteiger charge is -2.13. The number of rotatable bonds is 6. The second-order valence-corrected chi connectivity index (χ2v) is 7.27. The minimum absolute atomic E-state index is 0.198. The Hall–Kier alpha value is -2.12. The van der Waals surface area contributed by atoms with Gasteiger partial charge in [0.2, 0.25) is 0 Å². The third-order valence-corrected chi connectivity index (χ3v) is 5.41. The predicted molar refractivity (Wildman–Crippen MR) is 95.9 cm³/mol. The molecule has 8 heteroatoms. The zero-order valence-electron chi connectivity index (χ0n) is 13.5. The Labute approximate surface area is 153 Å². The lowest BCUT2D eigenvalue weighted by molar-refractivity contribution is -0.153. The summed E-state index contributed by atoms with van der Waals surface area (Å²) in [5.74, 6) is -1.45. The van der Waals surface area contributed by atoms with E-state index in [1.165, 1.54) is 18.3 Å². The van der Waals surface area contributed by atoms with E-state index in [9.17, 15) is 14.4 Å². The van der Waals surface area contributed by atoms with Crippen molar-refractivity contribution < 1.29 is 19.1 Å². The molecule has 132 valence electrons. The molecule has 2 aromatic rings. The minimum Gasteiger partial charge on any atom is -0.451 e. The monoisotopic (exact) mass is 380 g/mol. The molecule has 0 aliphatic heterocycles.